The number of sulfonamides is 1. The lowest BCUT2D eigenvalue weighted by molar-refractivity contribution is 0.0693. The lowest BCUT2D eigenvalue weighted by atomic mass is 9.65. The van der Waals surface area contributed by atoms with E-state index in [4.69, 9.17) is 4.74 Å². The molecule has 8 nitrogen and oxygen atoms in total. The molecule has 29 heavy (non-hydrogen) atoms. The number of aromatic carboxylic acids is 1. The predicted molar refractivity (Wildman–Crippen MR) is 108 cm³/mol. The standard InChI is InChI=1S/C19H17BrN2O6S/c1-28-15-4-3-12(20)9-16(15)29(26,27)22-14-8-11(19(10-21)5-2-6-19)7-13(17(14)23)18(24)25/h3-4,7-9,22-23H,2,5-6H2,1H3,(H,24,25). The molecule has 0 atom stereocenters. The number of hydrogen-bond acceptors (Lipinski definition) is 6. The van der Waals surface area contributed by atoms with Crippen LogP contribution >= 0.6 is 15.9 Å². The number of carbonyl (C=O) groups is 1. The summed E-state index contributed by atoms with van der Waals surface area (Å²) in [6.07, 6.45) is 1.85. The van der Waals surface area contributed by atoms with Crippen molar-refractivity contribution in [1.29, 1.82) is 5.26 Å². The van der Waals surface area contributed by atoms with E-state index in [0.29, 0.717) is 22.9 Å². The molecule has 0 radical (unpaired) electrons. The highest BCUT2D eigenvalue weighted by molar-refractivity contribution is 9.10. The molecular weight excluding hydrogens is 464 g/mol. The van der Waals surface area contributed by atoms with Crippen molar-refractivity contribution in [3.8, 4) is 17.6 Å². The van der Waals surface area contributed by atoms with E-state index in [1.165, 1.54) is 31.4 Å². The third-order valence-electron chi connectivity index (χ3n) is 4.97. The Balaban J connectivity index is 2.14. The molecule has 0 heterocycles. The molecule has 152 valence electrons. The van der Waals surface area contributed by atoms with Crippen molar-refractivity contribution in [3.63, 3.8) is 0 Å². The number of phenols is 1. The summed E-state index contributed by atoms with van der Waals surface area (Å²) in [6, 6.07) is 9.10. The minimum Gasteiger partial charge on any atom is -0.505 e. The number of rotatable bonds is 6. The van der Waals surface area contributed by atoms with E-state index in [9.17, 15) is 28.7 Å². The van der Waals surface area contributed by atoms with Gasteiger partial charge in [0, 0.05) is 4.47 Å². The van der Waals surface area contributed by atoms with E-state index in [2.05, 4.69) is 26.7 Å². The number of methoxy groups -OCH3 is 1. The fourth-order valence-electron chi connectivity index (χ4n) is 3.21. The summed E-state index contributed by atoms with van der Waals surface area (Å²) < 4.78 is 33.7. The highest BCUT2D eigenvalue weighted by Crippen LogP contribution is 2.46. The number of carboxylic acids is 1. The number of carboxylic acid groups (broad SMARTS) is 1. The largest absolute Gasteiger partial charge is 0.505 e. The van der Waals surface area contributed by atoms with Crippen molar-refractivity contribution >= 4 is 37.6 Å². The maximum Gasteiger partial charge on any atom is 0.339 e. The molecule has 10 heteroatoms. The molecule has 0 saturated heterocycles. The number of nitrogens with zero attached hydrogens (tertiary/aromatic N) is 1. The fourth-order valence-corrected chi connectivity index (χ4v) is 4.97. The first-order valence-electron chi connectivity index (χ1n) is 8.52. The Morgan fingerprint density at radius 1 is 1.31 bits per heavy atom. The van der Waals surface area contributed by atoms with Gasteiger partial charge in [0.15, 0.2) is 5.75 Å². The van der Waals surface area contributed by atoms with Crippen molar-refractivity contribution in [2.24, 2.45) is 0 Å². The van der Waals surface area contributed by atoms with Gasteiger partial charge in [-0.3, -0.25) is 4.72 Å². The molecule has 3 N–H and O–H groups in total. The monoisotopic (exact) mass is 480 g/mol. The molecule has 2 aromatic carbocycles. The second-order valence-corrected chi connectivity index (χ2v) is 9.24. The number of anilines is 1. The minimum atomic E-state index is -4.24. The minimum absolute atomic E-state index is 0.0716. The molecule has 0 unspecified atom stereocenters. The van der Waals surface area contributed by atoms with E-state index in [1.54, 1.807) is 6.07 Å². The summed E-state index contributed by atoms with van der Waals surface area (Å²) in [5.41, 5.74) is -1.35. The number of aromatic hydroxyl groups is 1. The van der Waals surface area contributed by atoms with Crippen LogP contribution in [0.3, 0.4) is 0 Å². The Morgan fingerprint density at radius 3 is 2.52 bits per heavy atom. The number of ether oxygens (including phenoxy) is 1. The van der Waals surface area contributed by atoms with Crippen LogP contribution < -0.4 is 9.46 Å². The molecule has 0 bridgehead atoms. The van der Waals surface area contributed by atoms with Gasteiger partial charge < -0.3 is 14.9 Å². The van der Waals surface area contributed by atoms with Crippen LogP contribution in [0, 0.1) is 11.3 Å². The van der Waals surface area contributed by atoms with E-state index < -0.39 is 32.7 Å². The van der Waals surface area contributed by atoms with Gasteiger partial charge >= 0.3 is 5.97 Å². The van der Waals surface area contributed by atoms with Crippen LogP contribution in [0.4, 0.5) is 5.69 Å². The van der Waals surface area contributed by atoms with Crippen LogP contribution in [0.15, 0.2) is 39.7 Å². The number of benzene rings is 2. The van der Waals surface area contributed by atoms with Gasteiger partial charge in [0.1, 0.15) is 16.2 Å². The topological polar surface area (TPSA) is 137 Å². The zero-order valence-corrected chi connectivity index (χ0v) is 17.7. The smallest absolute Gasteiger partial charge is 0.339 e. The highest BCUT2D eigenvalue weighted by Gasteiger charge is 2.40. The van der Waals surface area contributed by atoms with Crippen LogP contribution in [0.1, 0.15) is 35.2 Å². The third kappa shape index (κ3) is 3.75. The molecule has 0 aromatic heterocycles. The Bertz CT molecular complexity index is 1140. The van der Waals surface area contributed by atoms with Crippen LogP contribution in [-0.4, -0.2) is 31.7 Å². The molecule has 1 aliphatic rings. The van der Waals surface area contributed by atoms with Gasteiger partial charge in [-0.05, 0) is 55.2 Å². The van der Waals surface area contributed by atoms with E-state index in [1.807, 2.05) is 0 Å². The van der Waals surface area contributed by atoms with Crippen molar-refractivity contribution in [1.82, 2.24) is 0 Å². The maximum atomic E-state index is 12.9. The van der Waals surface area contributed by atoms with E-state index in [-0.39, 0.29) is 16.3 Å². The van der Waals surface area contributed by atoms with Gasteiger partial charge in [0.2, 0.25) is 0 Å². The first-order valence-corrected chi connectivity index (χ1v) is 10.8. The Kier molecular flexibility index (Phi) is 5.47. The molecular formula is C19H17BrN2O6S. The fraction of sp³-hybridized carbons (Fsp3) is 0.263. The summed E-state index contributed by atoms with van der Waals surface area (Å²) in [5, 5.41) is 29.4. The first kappa shape index (κ1) is 21.0. The maximum absolute atomic E-state index is 12.9. The molecule has 0 aliphatic heterocycles. The second-order valence-electron chi connectivity index (χ2n) is 6.67. The van der Waals surface area contributed by atoms with Crippen molar-refractivity contribution in [3.05, 3.63) is 45.9 Å². The average molecular weight is 481 g/mol. The molecule has 1 fully saturated rings. The number of hydrogen-bond donors (Lipinski definition) is 3. The van der Waals surface area contributed by atoms with E-state index >= 15 is 0 Å². The Morgan fingerprint density at radius 2 is 2.00 bits per heavy atom. The summed E-state index contributed by atoms with van der Waals surface area (Å²) >= 11 is 3.20. The lowest BCUT2D eigenvalue weighted by Crippen LogP contribution is -2.32. The van der Waals surface area contributed by atoms with Crippen molar-refractivity contribution in [2.45, 2.75) is 29.6 Å². The van der Waals surface area contributed by atoms with E-state index in [0.717, 1.165) is 6.42 Å². The average Bonchev–Trinajstić information content (AvgIpc) is 2.63. The summed E-state index contributed by atoms with van der Waals surface area (Å²) in [6.45, 7) is 0. The summed E-state index contributed by atoms with van der Waals surface area (Å²) in [4.78, 5) is 11.4. The predicted octanol–water partition coefficient (Wildman–Crippen LogP) is 3.61. The van der Waals surface area contributed by atoms with Gasteiger partial charge in [-0.25, -0.2) is 13.2 Å². The third-order valence-corrected chi connectivity index (χ3v) is 6.85. The van der Waals surface area contributed by atoms with Gasteiger partial charge in [-0.15, -0.1) is 0 Å². The first-order chi connectivity index (χ1) is 13.6. The van der Waals surface area contributed by atoms with Crippen LogP contribution in [0.25, 0.3) is 0 Å². The number of nitrogens with one attached hydrogen (secondary N) is 1. The van der Waals surface area contributed by atoms with Gasteiger partial charge in [0.05, 0.1) is 24.3 Å². The van der Waals surface area contributed by atoms with Gasteiger partial charge in [-0.2, -0.15) is 5.26 Å². The summed E-state index contributed by atoms with van der Waals surface area (Å²) in [5.74, 6) is -2.09. The van der Waals surface area contributed by atoms with Crippen LogP contribution in [0.2, 0.25) is 0 Å². The van der Waals surface area contributed by atoms with Gasteiger partial charge in [0.25, 0.3) is 10.0 Å². The molecule has 3 rings (SSSR count). The van der Waals surface area contributed by atoms with Crippen molar-refractivity contribution < 1.29 is 28.2 Å². The van der Waals surface area contributed by atoms with Crippen molar-refractivity contribution in [2.75, 3.05) is 11.8 Å². The highest BCUT2D eigenvalue weighted by atomic mass is 79.9. The molecule has 0 spiro atoms. The van der Waals surface area contributed by atoms with Crippen LogP contribution in [-0.2, 0) is 15.4 Å². The Labute approximate surface area is 175 Å². The summed E-state index contributed by atoms with van der Waals surface area (Å²) in [7, 11) is -2.93. The lowest BCUT2D eigenvalue weighted by Gasteiger charge is -2.36. The number of nitriles is 1. The zero-order chi connectivity index (χ0) is 21.4. The molecule has 2 aromatic rings. The number of halogens is 1. The zero-order valence-electron chi connectivity index (χ0n) is 15.3. The Hall–Kier alpha value is -2.77. The molecule has 1 aliphatic carbocycles. The normalized spacial score (nSPS) is 15.1. The quantitative estimate of drug-likeness (QED) is 0.536. The molecule has 0 amide bonds. The second kappa shape index (κ2) is 7.57. The SMILES string of the molecule is COc1ccc(Br)cc1S(=O)(=O)Nc1cc(C2(C#N)CCC2)cc(C(=O)O)c1O. The molecule has 1 saturated carbocycles. The van der Waals surface area contributed by atoms with Gasteiger partial charge in [-0.1, -0.05) is 15.9 Å². The van der Waals surface area contributed by atoms with Crippen LogP contribution in [0.5, 0.6) is 11.5 Å².